The summed E-state index contributed by atoms with van der Waals surface area (Å²) in [6.07, 6.45) is 0.182. The molecule has 3 fully saturated rings. The second-order valence-electron chi connectivity index (χ2n) is 9.17. The Labute approximate surface area is 198 Å². The average molecular weight is 479 g/mol. The maximum Gasteiger partial charge on any atom is 0.504 e. The molecular weight excluding hydrogens is 459 g/mol. The Bertz CT molecular complexity index is 1450. The number of anilines is 1. The fourth-order valence-corrected chi connectivity index (χ4v) is 5.06. The first kappa shape index (κ1) is 21.6. The van der Waals surface area contributed by atoms with Gasteiger partial charge in [0.15, 0.2) is 0 Å². The second-order valence-corrected chi connectivity index (χ2v) is 9.17. The number of nitrogens with zero attached hydrogens (tertiary/aromatic N) is 4. The molecule has 10 heteroatoms. The summed E-state index contributed by atoms with van der Waals surface area (Å²) in [4.78, 5) is 21.5. The molecule has 2 aromatic heterocycles. The zero-order chi connectivity index (χ0) is 24.4. The Morgan fingerprint density at radius 3 is 2.49 bits per heavy atom. The monoisotopic (exact) mass is 479 g/mol. The van der Waals surface area contributed by atoms with Gasteiger partial charge >= 0.3 is 6.30 Å². The average Bonchev–Trinajstić information content (AvgIpc) is 3.22. The van der Waals surface area contributed by atoms with Gasteiger partial charge in [0, 0.05) is 28.8 Å². The van der Waals surface area contributed by atoms with Gasteiger partial charge in [-0.1, -0.05) is 30.3 Å². The predicted molar refractivity (Wildman–Crippen MR) is 122 cm³/mol. The number of hydrogen-bond donors (Lipinski definition) is 1. The molecule has 35 heavy (non-hydrogen) atoms. The molecule has 3 aliphatic carbocycles. The van der Waals surface area contributed by atoms with Crippen LogP contribution in [0.3, 0.4) is 0 Å². The Balaban J connectivity index is 1.51. The van der Waals surface area contributed by atoms with Crippen molar-refractivity contribution >= 4 is 22.5 Å². The Morgan fingerprint density at radius 2 is 1.86 bits per heavy atom. The molecule has 2 aromatic carbocycles. The highest BCUT2D eigenvalue weighted by molar-refractivity contribution is 6.03. The van der Waals surface area contributed by atoms with Crippen LogP contribution in [0.25, 0.3) is 33.4 Å². The number of carbonyl (C=O) groups excluding carboxylic acids is 1. The molecule has 178 valence electrons. The second kappa shape index (κ2) is 7.53. The first-order valence-corrected chi connectivity index (χ1v) is 11.1. The zero-order valence-corrected chi connectivity index (χ0v) is 18.6. The van der Waals surface area contributed by atoms with E-state index in [4.69, 9.17) is 4.74 Å². The number of amides is 1. The van der Waals surface area contributed by atoms with Crippen molar-refractivity contribution in [2.75, 3.05) is 12.4 Å². The van der Waals surface area contributed by atoms with Gasteiger partial charge in [-0.2, -0.15) is 9.78 Å². The van der Waals surface area contributed by atoms with Crippen molar-refractivity contribution in [1.29, 1.82) is 0 Å². The van der Waals surface area contributed by atoms with Crippen LogP contribution >= 0.6 is 0 Å². The molecule has 2 bridgehead atoms. The van der Waals surface area contributed by atoms with Crippen molar-refractivity contribution < 1.29 is 22.7 Å². The van der Waals surface area contributed by atoms with E-state index in [2.05, 4.69) is 20.4 Å². The quantitative estimate of drug-likeness (QED) is 0.415. The third-order valence-corrected chi connectivity index (χ3v) is 7.00. The van der Waals surface area contributed by atoms with E-state index in [1.165, 1.54) is 13.4 Å². The van der Waals surface area contributed by atoms with E-state index in [0.717, 1.165) is 25.5 Å². The smallest absolute Gasteiger partial charge is 0.494 e. The summed E-state index contributed by atoms with van der Waals surface area (Å²) in [5, 5.41) is 7.27. The molecule has 1 amide bonds. The number of alkyl halides is 3. The number of carbonyl (C=O) groups is 1. The van der Waals surface area contributed by atoms with Gasteiger partial charge in [0.1, 0.15) is 17.8 Å². The number of methoxy groups -OCH3 is 1. The largest absolute Gasteiger partial charge is 0.504 e. The number of hydrogen-bond acceptors (Lipinski definition) is 5. The fraction of sp³-hybridized carbons (Fsp3) is 0.280. The standard InChI is InChI=1S/C25H20F3N5O2/c1-35-20-8-18-16(7-19(20)31-23(34)24-9-14(10-24)11-24)22(30-13-29-18)17-12-33(25(26,27)28)32-21(17)15-5-3-2-4-6-15/h2-8,12-14H,9-11H2,1H3,(H,31,34). The maximum atomic E-state index is 13.6. The number of benzene rings is 2. The lowest BCUT2D eigenvalue weighted by Gasteiger charge is -2.60. The normalized spacial score (nSPS) is 20.7. The van der Waals surface area contributed by atoms with Crippen molar-refractivity contribution in [2.45, 2.75) is 25.6 Å². The summed E-state index contributed by atoms with van der Waals surface area (Å²) in [6.45, 7) is 0. The number of fused-ring (bicyclic) bond motifs is 1. The molecule has 0 unspecified atom stereocenters. The van der Waals surface area contributed by atoms with Crippen LogP contribution in [0.15, 0.2) is 55.0 Å². The van der Waals surface area contributed by atoms with Crippen LogP contribution in [0.2, 0.25) is 0 Å². The van der Waals surface area contributed by atoms with Crippen LogP contribution in [0, 0.1) is 11.3 Å². The third kappa shape index (κ3) is 3.43. The topological polar surface area (TPSA) is 81.9 Å². The number of aromatic nitrogens is 4. The van der Waals surface area contributed by atoms with Crippen molar-refractivity contribution in [2.24, 2.45) is 11.3 Å². The Kier molecular flexibility index (Phi) is 4.64. The molecule has 0 atom stereocenters. The van der Waals surface area contributed by atoms with E-state index in [1.54, 1.807) is 42.5 Å². The molecule has 0 spiro atoms. The number of rotatable bonds is 5. The summed E-state index contributed by atoms with van der Waals surface area (Å²) in [5.41, 5.74) is 1.70. The molecule has 4 aromatic rings. The van der Waals surface area contributed by atoms with E-state index in [1.807, 2.05) is 0 Å². The molecule has 3 saturated carbocycles. The van der Waals surface area contributed by atoms with Gasteiger partial charge in [-0.05, 0) is 31.2 Å². The van der Waals surface area contributed by atoms with Crippen molar-refractivity contribution in [1.82, 2.24) is 19.7 Å². The molecule has 7 nitrogen and oxygen atoms in total. The lowest BCUT2D eigenvalue weighted by atomic mass is 9.44. The SMILES string of the molecule is COc1cc2ncnc(-c3cn(C(F)(F)F)nc3-c3ccccc3)c2cc1NC(=O)C12CC(C1)C2. The predicted octanol–water partition coefficient (Wildman–Crippen LogP) is 5.38. The van der Waals surface area contributed by atoms with Gasteiger partial charge in [-0.25, -0.2) is 9.97 Å². The Hall–Kier alpha value is -3.95. The molecule has 7 rings (SSSR count). The zero-order valence-electron chi connectivity index (χ0n) is 18.6. The van der Waals surface area contributed by atoms with Gasteiger partial charge in [-0.3, -0.25) is 4.79 Å². The highest BCUT2D eigenvalue weighted by Crippen LogP contribution is 2.64. The van der Waals surface area contributed by atoms with Gasteiger partial charge in [-0.15, -0.1) is 13.2 Å². The molecule has 0 aliphatic heterocycles. The number of halogens is 3. The van der Waals surface area contributed by atoms with E-state index < -0.39 is 6.30 Å². The minimum absolute atomic E-state index is 0.0203. The highest BCUT2D eigenvalue weighted by atomic mass is 19.4. The first-order chi connectivity index (χ1) is 16.8. The van der Waals surface area contributed by atoms with Crippen molar-refractivity contribution in [3.8, 4) is 28.3 Å². The van der Waals surface area contributed by atoms with E-state index in [9.17, 15) is 18.0 Å². The van der Waals surface area contributed by atoms with Gasteiger partial charge in [0.25, 0.3) is 0 Å². The maximum absolute atomic E-state index is 13.6. The Morgan fingerprint density at radius 1 is 1.11 bits per heavy atom. The van der Waals surface area contributed by atoms with Gasteiger partial charge in [0.2, 0.25) is 5.91 Å². The lowest BCUT2D eigenvalue weighted by Crippen LogP contribution is -2.58. The van der Waals surface area contributed by atoms with Gasteiger partial charge in [0.05, 0.1) is 29.4 Å². The van der Waals surface area contributed by atoms with E-state index in [0.29, 0.717) is 33.8 Å². The molecule has 2 heterocycles. The molecule has 0 radical (unpaired) electrons. The lowest BCUT2D eigenvalue weighted by molar-refractivity contribution is -0.212. The van der Waals surface area contributed by atoms with Gasteiger partial charge < -0.3 is 10.1 Å². The van der Waals surface area contributed by atoms with Crippen LogP contribution in [0.1, 0.15) is 19.3 Å². The molecular formula is C25H20F3N5O2. The van der Waals surface area contributed by atoms with E-state index in [-0.39, 0.29) is 33.0 Å². The summed E-state index contributed by atoms with van der Waals surface area (Å²) < 4.78 is 46.2. The summed E-state index contributed by atoms with van der Waals surface area (Å²) in [6, 6.07) is 11.9. The minimum atomic E-state index is -4.70. The first-order valence-electron chi connectivity index (χ1n) is 11.1. The van der Waals surface area contributed by atoms with Crippen LogP contribution in [-0.2, 0) is 11.1 Å². The summed E-state index contributed by atoms with van der Waals surface area (Å²) in [7, 11) is 1.49. The fourth-order valence-electron chi connectivity index (χ4n) is 5.06. The van der Waals surface area contributed by atoms with E-state index >= 15 is 0 Å². The van der Waals surface area contributed by atoms with Crippen molar-refractivity contribution in [3.05, 3.63) is 55.0 Å². The third-order valence-electron chi connectivity index (χ3n) is 7.00. The summed E-state index contributed by atoms with van der Waals surface area (Å²) in [5.74, 6) is 0.989. The highest BCUT2D eigenvalue weighted by Gasteiger charge is 2.61. The van der Waals surface area contributed by atoms with Crippen molar-refractivity contribution in [3.63, 3.8) is 0 Å². The number of ether oxygens (including phenoxy) is 1. The van der Waals surface area contributed by atoms with Crippen LogP contribution in [-0.4, -0.2) is 32.8 Å². The van der Waals surface area contributed by atoms with Crippen LogP contribution < -0.4 is 10.1 Å². The van der Waals surface area contributed by atoms with Crippen LogP contribution in [0.5, 0.6) is 5.75 Å². The molecule has 0 saturated heterocycles. The molecule has 3 aliphatic rings. The minimum Gasteiger partial charge on any atom is -0.494 e. The molecule has 1 N–H and O–H groups in total. The summed E-state index contributed by atoms with van der Waals surface area (Å²) >= 11 is 0. The van der Waals surface area contributed by atoms with Crippen LogP contribution in [0.4, 0.5) is 18.9 Å². The number of nitrogens with one attached hydrogen (secondary N) is 1.